The summed E-state index contributed by atoms with van der Waals surface area (Å²) >= 11 is 0. The lowest BCUT2D eigenvalue weighted by atomic mass is 9.67. The average molecular weight is 468 g/mol. The smallest absolute Gasteiger partial charge is 0.230 e. The molecule has 1 aromatic heterocycles. The molecule has 0 atom stereocenters. The van der Waals surface area contributed by atoms with Crippen LogP contribution in [0.1, 0.15) is 57.8 Å². The third-order valence-corrected chi connectivity index (χ3v) is 7.84. The van der Waals surface area contributed by atoms with Crippen LogP contribution < -0.4 is 20.1 Å². The fraction of sp³-hybridized carbons (Fsp3) is 0.600. The molecule has 34 heavy (non-hydrogen) atoms. The molecule has 1 aromatic carbocycles. The lowest BCUT2D eigenvalue weighted by Gasteiger charge is -2.46. The Morgan fingerprint density at radius 3 is 2.18 bits per heavy atom. The van der Waals surface area contributed by atoms with Crippen molar-refractivity contribution in [1.82, 2.24) is 14.9 Å². The maximum Gasteiger partial charge on any atom is 0.230 e. The van der Waals surface area contributed by atoms with Gasteiger partial charge in [-0.1, -0.05) is 19.3 Å². The summed E-state index contributed by atoms with van der Waals surface area (Å²) in [6.45, 7) is 1.32. The Labute approximate surface area is 199 Å². The van der Waals surface area contributed by atoms with E-state index in [1.807, 2.05) is 0 Å². The molecule has 2 saturated heterocycles. The van der Waals surface area contributed by atoms with Crippen LogP contribution in [0, 0.1) is 5.41 Å². The molecule has 182 valence electrons. The van der Waals surface area contributed by atoms with Gasteiger partial charge in [0.2, 0.25) is 17.8 Å². The zero-order valence-electron chi connectivity index (χ0n) is 20.0. The topological polar surface area (TPSA) is 111 Å². The second-order valence-electron chi connectivity index (χ2n) is 9.92. The van der Waals surface area contributed by atoms with Crippen molar-refractivity contribution >= 4 is 34.5 Å². The van der Waals surface area contributed by atoms with Gasteiger partial charge in [-0.3, -0.25) is 14.5 Å². The number of benzene rings is 1. The van der Waals surface area contributed by atoms with Crippen LogP contribution in [-0.4, -0.2) is 60.0 Å². The number of carbonyl (C=O) groups excluding carboxylic acids is 2. The van der Waals surface area contributed by atoms with Crippen molar-refractivity contribution in [3.63, 3.8) is 0 Å². The van der Waals surface area contributed by atoms with Gasteiger partial charge in [-0.25, -0.2) is 4.98 Å². The van der Waals surface area contributed by atoms with Gasteiger partial charge in [-0.2, -0.15) is 4.98 Å². The summed E-state index contributed by atoms with van der Waals surface area (Å²) in [6, 6.07) is 3.53. The lowest BCUT2D eigenvalue weighted by Crippen LogP contribution is -2.55. The molecule has 2 amide bonds. The van der Waals surface area contributed by atoms with Crippen LogP contribution in [0.4, 0.5) is 11.8 Å². The fourth-order valence-electron chi connectivity index (χ4n) is 6.01. The number of hydrogen-bond donors (Lipinski definition) is 1. The number of aromatic nitrogens is 2. The van der Waals surface area contributed by atoms with Gasteiger partial charge in [0.1, 0.15) is 5.82 Å². The number of amides is 2. The summed E-state index contributed by atoms with van der Waals surface area (Å²) in [5, 5.41) is 0.706. The first kappa shape index (κ1) is 22.7. The number of hydrogen-bond acceptors (Lipinski definition) is 8. The fourth-order valence-corrected chi connectivity index (χ4v) is 6.01. The molecular weight excluding hydrogens is 434 g/mol. The Balaban J connectivity index is 1.29. The van der Waals surface area contributed by atoms with E-state index in [0.717, 1.165) is 25.7 Å². The molecule has 1 saturated carbocycles. The van der Waals surface area contributed by atoms with E-state index in [1.54, 1.807) is 31.3 Å². The summed E-state index contributed by atoms with van der Waals surface area (Å²) in [6.07, 6.45) is 7.95. The number of rotatable bonds is 4. The highest BCUT2D eigenvalue weighted by atomic mass is 16.5. The summed E-state index contributed by atoms with van der Waals surface area (Å²) in [5.74, 6) is 2.11. The number of nitrogens with two attached hydrogens (primary N) is 1. The van der Waals surface area contributed by atoms with Gasteiger partial charge < -0.3 is 20.1 Å². The molecule has 5 rings (SSSR count). The van der Waals surface area contributed by atoms with Gasteiger partial charge in [-0.05, 0) is 37.2 Å². The number of nitrogens with zero attached hydrogens (tertiary/aromatic N) is 4. The number of fused-ring (bicyclic) bond motifs is 1. The predicted octanol–water partition coefficient (Wildman–Crippen LogP) is 3.30. The van der Waals surface area contributed by atoms with Crippen molar-refractivity contribution < 1.29 is 19.1 Å². The zero-order valence-corrected chi connectivity index (χ0v) is 20.0. The molecule has 0 radical (unpaired) electrons. The largest absolute Gasteiger partial charge is 0.493 e. The molecule has 3 heterocycles. The maximum absolute atomic E-state index is 13.1. The van der Waals surface area contributed by atoms with Gasteiger partial charge in [0.05, 0.1) is 19.7 Å². The Morgan fingerprint density at radius 2 is 1.56 bits per heavy atom. The van der Waals surface area contributed by atoms with Gasteiger partial charge in [0, 0.05) is 43.4 Å². The molecule has 2 aliphatic heterocycles. The van der Waals surface area contributed by atoms with E-state index in [0.29, 0.717) is 72.9 Å². The Bertz CT molecular complexity index is 1090. The highest BCUT2D eigenvalue weighted by Gasteiger charge is 2.46. The van der Waals surface area contributed by atoms with Crippen molar-refractivity contribution in [2.75, 3.05) is 37.9 Å². The molecule has 9 nitrogen and oxygen atoms in total. The maximum atomic E-state index is 13.1. The molecule has 9 heteroatoms. The number of likely N-dealkylation sites (tertiary alicyclic amines) is 1. The number of carbonyl (C=O) groups is 2. The predicted molar refractivity (Wildman–Crippen MR) is 129 cm³/mol. The monoisotopic (exact) mass is 467 g/mol. The normalized spacial score (nSPS) is 21.4. The van der Waals surface area contributed by atoms with E-state index in [1.165, 1.54) is 6.42 Å². The zero-order chi connectivity index (χ0) is 23.9. The van der Waals surface area contributed by atoms with Crippen LogP contribution in [0.3, 0.4) is 0 Å². The van der Waals surface area contributed by atoms with E-state index in [4.69, 9.17) is 20.2 Å². The second-order valence-corrected chi connectivity index (χ2v) is 9.92. The minimum absolute atomic E-state index is 0.0174. The lowest BCUT2D eigenvalue weighted by molar-refractivity contribution is -0.158. The molecule has 1 aliphatic carbocycles. The Hall–Kier alpha value is -3.10. The molecule has 0 bridgehead atoms. The minimum Gasteiger partial charge on any atom is -0.493 e. The van der Waals surface area contributed by atoms with E-state index in [2.05, 4.69) is 9.88 Å². The van der Waals surface area contributed by atoms with Crippen molar-refractivity contribution in [3.05, 3.63) is 12.1 Å². The van der Waals surface area contributed by atoms with Gasteiger partial charge in [0.25, 0.3) is 0 Å². The number of piperidine rings is 2. The summed E-state index contributed by atoms with van der Waals surface area (Å²) in [4.78, 5) is 39.0. The quantitative estimate of drug-likeness (QED) is 0.682. The number of nitrogen functional groups attached to an aromatic ring is 1. The van der Waals surface area contributed by atoms with Gasteiger partial charge in [-0.15, -0.1) is 0 Å². The summed E-state index contributed by atoms with van der Waals surface area (Å²) in [5.41, 5.74) is 6.86. The van der Waals surface area contributed by atoms with Crippen molar-refractivity contribution in [2.45, 2.75) is 63.8 Å². The second kappa shape index (κ2) is 8.92. The molecule has 3 aliphatic rings. The molecule has 2 aromatic rings. The van der Waals surface area contributed by atoms with Gasteiger partial charge in [0.15, 0.2) is 11.5 Å². The molecule has 2 N–H and O–H groups in total. The summed E-state index contributed by atoms with van der Waals surface area (Å²) in [7, 11) is 3.16. The van der Waals surface area contributed by atoms with E-state index >= 15 is 0 Å². The molecule has 3 fully saturated rings. The molecule has 0 unspecified atom stereocenters. The number of methoxy groups -OCH3 is 2. The van der Waals surface area contributed by atoms with Crippen LogP contribution >= 0.6 is 0 Å². The van der Waals surface area contributed by atoms with Crippen LogP contribution in [0.15, 0.2) is 12.1 Å². The van der Waals surface area contributed by atoms with E-state index in [-0.39, 0.29) is 23.3 Å². The summed E-state index contributed by atoms with van der Waals surface area (Å²) < 4.78 is 10.8. The standard InChI is InChI=1S/C25H33N5O4/c1-33-19-12-17-18(13-20(19)34-2)27-24(28-23(17)26)29-10-6-16(7-11-29)30-21(31)14-25(15-22(30)32)8-4-3-5-9-25/h12-13,16H,3-11,14-15H2,1-2H3,(H2,26,27,28). The first-order chi connectivity index (χ1) is 16.4. The third-order valence-electron chi connectivity index (χ3n) is 7.84. The minimum atomic E-state index is -0.0795. The number of anilines is 2. The van der Waals surface area contributed by atoms with E-state index in [9.17, 15) is 9.59 Å². The highest BCUT2D eigenvalue weighted by molar-refractivity contribution is 5.99. The van der Waals surface area contributed by atoms with Crippen LogP contribution in [-0.2, 0) is 9.59 Å². The SMILES string of the molecule is COc1cc2nc(N3CCC(N4C(=O)CC5(CCCCC5)CC4=O)CC3)nc(N)c2cc1OC. The number of ether oxygens (including phenoxy) is 2. The Kier molecular flexibility index (Phi) is 5.95. The van der Waals surface area contributed by atoms with Crippen LogP contribution in [0.25, 0.3) is 10.9 Å². The third kappa shape index (κ3) is 4.01. The van der Waals surface area contributed by atoms with Crippen molar-refractivity contribution in [2.24, 2.45) is 5.41 Å². The highest BCUT2D eigenvalue weighted by Crippen LogP contribution is 2.46. The van der Waals surface area contributed by atoms with Crippen LogP contribution in [0.2, 0.25) is 0 Å². The van der Waals surface area contributed by atoms with Gasteiger partial charge >= 0.3 is 0 Å². The first-order valence-corrected chi connectivity index (χ1v) is 12.2. The van der Waals surface area contributed by atoms with Crippen molar-refractivity contribution in [1.29, 1.82) is 0 Å². The molecular formula is C25H33N5O4. The van der Waals surface area contributed by atoms with E-state index < -0.39 is 0 Å². The number of imide groups is 1. The molecule has 1 spiro atoms. The first-order valence-electron chi connectivity index (χ1n) is 12.2. The Morgan fingerprint density at radius 1 is 0.941 bits per heavy atom. The van der Waals surface area contributed by atoms with Crippen LogP contribution in [0.5, 0.6) is 11.5 Å². The average Bonchev–Trinajstić information content (AvgIpc) is 2.83. The van der Waals surface area contributed by atoms with Crippen molar-refractivity contribution in [3.8, 4) is 11.5 Å².